The molecule has 2 aromatic heterocycles. The first-order valence-corrected chi connectivity index (χ1v) is 12.3. The van der Waals surface area contributed by atoms with Gasteiger partial charge in [-0.15, -0.1) is 0 Å². The van der Waals surface area contributed by atoms with Crippen LogP contribution in [0.3, 0.4) is 0 Å². The van der Waals surface area contributed by atoms with Crippen molar-refractivity contribution in [3.63, 3.8) is 0 Å². The molecule has 3 aromatic rings. The van der Waals surface area contributed by atoms with E-state index in [4.69, 9.17) is 9.15 Å². The minimum absolute atomic E-state index is 0.104. The molecule has 1 atom stereocenters. The van der Waals surface area contributed by atoms with Crippen molar-refractivity contribution in [1.82, 2.24) is 20.2 Å². The van der Waals surface area contributed by atoms with E-state index >= 15 is 0 Å². The van der Waals surface area contributed by atoms with Crippen LogP contribution in [0.2, 0.25) is 0 Å². The van der Waals surface area contributed by atoms with Gasteiger partial charge in [0.05, 0.1) is 12.3 Å². The molecule has 36 heavy (non-hydrogen) atoms. The zero-order valence-corrected chi connectivity index (χ0v) is 20.0. The molecule has 10 heteroatoms. The third-order valence-corrected chi connectivity index (χ3v) is 6.65. The lowest BCUT2D eigenvalue weighted by Gasteiger charge is -2.31. The highest BCUT2D eigenvalue weighted by Gasteiger charge is 2.23. The summed E-state index contributed by atoms with van der Waals surface area (Å²) in [4.78, 5) is 22.7. The number of aliphatic hydroxyl groups is 1. The Balaban J connectivity index is 1.10. The molecule has 0 radical (unpaired) electrons. The average molecular weight is 496 g/mol. The smallest absolute Gasteiger partial charge is 0.251 e. The number of hydrogen-bond acceptors (Lipinski definition) is 8. The number of amides is 1. The zero-order valence-electron chi connectivity index (χ0n) is 20.0. The second kappa shape index (κ2) is 11.0. The number of aliphatic hydroxyl groups excluding tert-OH is 1. The van der Waals surface area contributed by atoms with Crippen molar-refractivity contribution >= 4 is 11.7 Å². The lowest BCUT2D eigenvalue weighted by Crippen LogP contribution is -2.42. The number of pyridine rings is 1. The number of carbonyl (C=O) groups excluding carboxylic acids is 1. The first-order valence-electron chi connectivity index (χ1n) is 12.3. The highest BCUT2D eigenvalue weighted by molar-refractivity contribution is 5.94. The van der Waals surface area contributed by atoms with E-state index in [1.807, 2.05) is 11.0 Å². The Kier molecular flexibility index (Phi) is 7.43. The normalized spacial score (nSPS) is 16.6. The molecule has 1 unspecified atom stereocenters. The number of rotatable bonds is 10. The summed E-state index contributed by atoms with van der Waals surface area (Å²) < 4.78 is 25.6. The number of nitrogens with one attached hydrogen (secondary N) is 2. The number of benzene rings is 1. The monoisotopic (exact) mass is 495 g/mol. The first kappa shape index (κ1) is 24.2. The SMILES string of the molecule is O=C(NCC(O)CN1CCc2cc(OCc3cnco3)cc(F)c2C1)c1ccnc(NC2CCC2)c1. The number of fused-ring (bicyclic) bond motifs is 1. The molecule has 1 saturated carbocycles. The fourth-order valence-corrected chi connectivity index (χ4v) is 4.44. The number of hydrogen-bond donors (Lipinski definition) is 3. The van der Waals surface area contributed by atoms with Crippen molar-refractivity contribution in [3.05, 3.63) is 71.3 Å². The van der Waals surface area contributed by atoms with Crippen molar-refractivity contribution in [2.45, 2.75) is 51.0 Å². The lowest BCUT2D eigenvalue weighted by molar-refractivity contribution is 0.0839. The summed E-state index contributed by atoms with van der Waals surface area (Å²) in [6, 6.07) is 7.04. The fraction of sp³-hybridized carbons (Fsp3) is 0.423. The summed E-state index contributed by atoms with van der Waals surface area (Å²) in [5.41, 5.74) is 1.99. The maximum atomic E-state index is 14.8. The van der Waals surface area contributed by atoms with Crippen LogP contribution in [-0.4, -0.2) is 57.7 Å². The molecule has 1 fully saturated rings. The van der Waals surface area contributed by atoms with Crippen molar-refractivity contribution in [2.24, 2.45) is 0 Å². The molecular weight excluding hydrogens is 465 g/mol. The molecule has 0 bridgehead atoms. The Morgan fingerprint density at radius 3 is 3.00 bits per heavy atom. The van der Waals surface area contributed by atoms with Gasteiger partial charge in [0.2, 0.25) is 0 Å². The minimum Gasteiger partial charge on any atom is -0.485 e. The van der Waals surface area contributed by atoms with E-state index < -0.39 is 6.10 Å². The predicted molar refractivity (Wildman–Crippen MR) is 130 cm³/mol. The van der Waals surface area contributed by atoms with E-state index in [0.717, 1.165) is 18.4 Å². The maximum absolute atomic E-state index is 14.8. The molecular formula is C26H30FN5O4. The Bertz CT molecular complexity index is 1190. The van der Waals surface area contributed by atoms with E-state index in [9.17, 15) is 14.3 Å². The van der Waals surface area contributed by atoms with Crippen molar-refractivity contribution in [3.8, 4) is 5.75 Å². The number of anilines is 1. The Morgan fingerprint density at radius 1 is 1.33 bits per heavy atom. The van der Waals surface area contributed by atoms with Gasteiger partial charge in [0.1, 0.15) is 24.0 Å². The molecule has 3 heterocycles. The van der Waals surface area contributed by atoms with Gasteiger partial charge in [-0.1, -0.05) is 0 Å². The van der Waals surface area contributed by atoms with Gasteiger partial charge in [-0.2, -0.15) is 0 Å². The van der Waals surface area contributed by atoms with E-state index in [2.05, 4.69) is 20.6 Å². The highest BCUT2D eigenvalue weighted by Crippen LogP contribution is 2.28. The number of oxazole rings is 1. The second-order valence-corrected chi connectivity index (χ2v) is 9.35. The number of aromatic nitrogens is 2. The summed E-state index contributed by atoms with van der Waals surface area (Å²) in [5, 5.41) is 16.6. The topological polar surface area (TPSA) is 113 Å². The Morgan fingerprint density at radius 2 is 2.22 bits per heavy atom. The fourth-order valence-electron chi connectivity index (χ4n) is 4.44. The van der Waals surface area contributed by atoms with Gasteiger partial charge in [-0.25, -0.2) is 14.4 Å². The van der Waals surface area contributed by atoms with Crippen LogP contribution in [0.1, 0.15) is 46.5 Å². The van der Waals surface area contributed by atoms with Crippen LogP contribution in [0.15, 0.2) is 47.5 Å². The summed E-state index contributed by atoms with van der Waals surface area (Å²) in [5.74, 6) is 1.10. The largest absolute Gasteiger partial charge is 0.485 e. The van der Waals surface area contributed by atoms with Crippen LogP contribution in [0.5, 0.6) is 5.75 Å². The molecule has 1 aliphatic heterocycles. The van der Waals surface area contributed by atoms with Crippen molar-refractivity contribution in [1.29, 1.82) is 0 Å². The second-order valence-electron chi connectivity index (χ2n) is 9.35. The van der Waals surface area contributed by atoms with Gasteiger partial charge < -0.3 is 24.9 Å². The molecule has 1 aromatic carbocycles. The minimum atomic E-state index is -0.780. The molecule has 0 saturated heterocycles. The lowest BCUT2D eigenvalue weighted by atomic mass is 9.93. The first-order chi connectivity index (χ1) is 17.5. The van der Waals surface area contributed by atoms with E-state index in [1.54, 1.807) is 24.5 Å². The Hall–Kier alpha value is -3.50. The molecule has 5 rings (SSSR count). The number of halogens is 1. The molecule has 9 nitrogen and oxygen atoms in total. The molecule has 1 aliphatic carbocycles. The maximum Gasteiger partial charge on any atom is 0.251 e. The summed E-state index contributed by atoms with van der Waals surface area (Å²) in [6.07, 6.45) is 7.80. The quantitative estimate of drug-likeness (QED) is 0.394. The summed E-state index contributed by atoms with van der Waals surface area (Å²) >= 11 is 0. The Labute approximate surface area is 208 Å². The molecule has 190 valence electrons. The van der Waals surface area contributed by atoms with Gasteiger partial charge in [-0.05, 0) is 49.4 Å². The number of carbonyl (C=O) groups is 1. The standard InChI is InChI=1S/C26H30FN5O4/c27-24-10-21(35-15-22-12-28-16-36-22)8-17-5-7-32(14-23(17)24)13-20(33)11-30-26(34)18-4-6-29-25(9-18)31-19-2-1-3-19/h4,6,8-10,12,16,19-20,33H,1-3,5,7,11,13-15H2,(H,29,31)(H,30,34). The number of nitrogens with zero attached hydrogens (tertiary/aromatic N) is 3. The van der Waals surface area contributed by atoms with Crippen LogP contribution in [0.4, 0.5) is 10.2 Å². The summed E-state index contributed by atoms with van der Waals surface area (Å²) in [7, 11) is 0. The molecule has 3 N–H and O–H groups in total. The molecule has 1 amide bonds. The van der Waals surface area contributed by atoms with Gasteiger partial charge in [0.25, 0.3) is 5.91 Å². The highest BCUT2D eigenvalue weighted by atomic mass is 19.1. The average Bonchev–Trinajstić information content (AvgIpc) is 3.38. The van der Waals surface area contributed by atoms with Crippen LogP contribution < -0.4 is 15.4 Å². The van der Waals surface area contributed by atoms with Gasteiger partial charge >= 0.3 is 0 Å². The predicted octanol–water partition coefficient (Wildman–Crippen LogP) is 2.90. The molecule has 2 aliphatic rings. The van der Waals surface area contributed by atoms with E-state index in [-0.39, 0.29) is 24.9 Å². The van der Waals surface area contributed by atoms with Gasteiger partial charge in [0, 0.05) is 55.6 Å². The van der Waals surface area contributed by atoms with Crippen molar-refractivity contribution in [2.75, 3.05) is 25.0 Å². The van der Waals surface area contributed by atoms with Crippen LogP contribution >= 0.6 is 0 Å². The van der Waals surface area contributed by atoms with Crippen LogP contribution in [-0.2, 0) is 19.6 Å². The molecule has 0 spiro atoms. The van der Waals surface area contributed by atoms with Gasteiger partial charge in [-0.3, -0.25) is 9.69 Å². The summed E-state index contributed by atoms with van der Waals surface area (Å²) in [6.45, 7) is 1.67. The number of ether oxygens (including phenoxy) is 1. The van der Waals surface area contributed by atoms with Crippen LogP contribution in [0, 0.1) is 5.82 Å². The van der Waals surface area contributed by atoms with E-state index in [0.29, 0.717) is 60.6 Å². The third-order valence-electron chi connectivity index (χ3n) is 6.65. The number of β-amino-alcohol motifs (C(OH)–C–C–N with tert-alkyl or cyclic N) is 1. The van der Waals surface area contributed by atoms with Crippen LogP contribution in [0.25, 0.3) is 0 Å². The van der Waals surface area contributed by atoms with Crippen molar-refractivity contribution < 1.29 is 23.4 Å². The van der Waals surface area contributed by atoms with E-state index in [1.165, 1.54) is 18.9 Å². The zero-order chi connectivity index (χ0) is 24.9. The third kappa shape index (κ3) is 6.00. The van der Waals surface area contributed by atoms with Gasteiger partial charge in [0.15, 0.2) is 12.2 Å².